The standard InChI is InChI=1S/C19H25NO5/c21-19(22)14-5-7-20(8-6-14)11-16-3-2-15(25-16)9-13-1-4-17-18(10-13)24-12-23-17/h1,4,10,14-16H,2-3,5-9,11-12H2,(H,21,22)/t15-,16+/m1/s1. The summed E-state index contributed by atoms with van der Waals surface area (Å²) < 4.78 is 17.0. The van der Waals surface area contributed by atoms with Crippen LogP contribution >= 0.6 is 0 Å². The molecule has 1 aromatic carbocycles. The van der Waals surface area contributed by atoms with Gasteiger partial charge in [-0.2, -0.15) is 0 Å². The quantitative estimate of drug-likeness (QED) is 0.881. The molecule has 0 aliphatic carbocycles. The molecule has 0 unspecified atom stereocenters. The summed E-state index contributed by atoms with van der Waals surface area (Å²) in [5.74, 6) is 0.826. The number of carboxylic acids is 1. The number of carboxylic acid groups (broad SMARTS) is 1. The van der Waals surface area contributed by atoms with Crippen molar-refractivity contribution < 1.29 is 24.1 Å². The maximum Gasteiger partial charge on any atom is 0.306 e. The summed E-state index contributed by atoms with van der Waals surface area (Å²) in [7, 11) is 0. The second-order valence-corrected chi connectivity index (χ2v) is 7.26. The second-order valence-electron chi connectivity index (χ2n) is 7.26. The average molecular weight is 347 g/mol. The molecule has 0 amide bonds. The summed E-state index contributed by atoms with van der Waals surface area (Å²) in [5, 5.41) is 9.08. The fourth-order valence-electron chi connectivity index (χ4n) is 4.05. The Labute approximate surface area is 147 Å². The predicted octanol–water partition coefficient (Wildman–Crippen LogP) is 2.30. The minimum absolute atomic E-state index is 0.167. The van der Waals surface area contributed by atoms with Gasteiger partial charge in [-0.05, 0) is 62.9 Å². The predicted molar refractivity (Wildman–Crippen MR) is 91.0 cm³/mol. The van der Waals surface area contributed by atoms with Crippen LogP contribution < -0.4 is 9.47 Å². The van der Waals surface area contributed by atoms with E-state index < -0.39 is 5.97 Å². The molecular weight excluding hydrogens is 322 g/mol. The molecular formula is C19H25NO5. The van der Waals surface area contributed by atoms with E-state index >= 15 is 0 Å². The molecule has 3 heterocycles. The molecule has 2 atom stereocenters. The molecule has 0 saturated carbocycles. The van der Waals surface area contributed by atoms with E-state index in [0.717, 1.165) is 63.2 Å². The van der Waals surface area contributed by atoms with Crippen molar-refractivity contribution in [2.75, 3.05) is 26.4 Å². The molecule has 0 aromatic heterocycles. The Balaban J connectivity index is 1.24. The van der Waals surface area contributed by atoms with Crippen molar-refractivity contribution in [3.63, 3.8) is 0 Å². The maximum absolute atomic E-state index is 11.0. The van der Waals surface area contributed by atoms with Gasteiger partial charge in [0.2, 0.25) is 6.79 Å². The van der Waals surface area contributed by atoms with Gasteiger partial charge in [-0.25, -0.2) is 0 Å². The third-order valence-electron chi connectivity index (χ3n) is 5.49. The van der Waals surface area contributed by atoms with Gasteiger partial charge in [-0.1, -0.05) is 6.07 Å². The van der Waals surface area contributed by atoms with Crippen LogP contribution in [0.3, 0.4) is 0 Å². The third kappa shape index (κ3) is 3.90. The number of hydrogen-bond donors (Lipinski definition) is 1. The number of piperidine rings is 1. The normalized spacial score (nSPS) is 26.9. The summed E-state index contributed by atoms with van der Waals surface area (Å²) in [4.78, 5) is 13.4. The first-order valence-corrected chi connectivity index (χ1v) is 9.16. The number of aliphatic carboxylic acids is 1. The molecule has 1 N–H and O–H groups in total. The first-order valence-electron chi connectivity index (χ1n) is 9.16. The first-order chi connectivity index (χ1) is 12.2. The van der Waals surface area contributed by atoms with E-state index in [-0.39, 0.29) is 18.1 Å². The monoisotopic (exact) mass is 347 g/mol. The number of nitrogens with zero attached hydrogens (tertiary/aromatic N) is 1. The fourth-order valence-corrected chi connectivity index (χ4v) is 4.05. The highest BCUT2D eigenvalue weighted by atomic mass is 16.7. The molecule has 6 nitrogen and oxygen atoms in total. The van der Waals surface area contributed by atoms with E-state index in [1.807, 2.05) is 6.07 Å². The van der Waals surface area contributed by atoms with E-state index in [4.69, 9.17) is 19.3 Å². The largest absolute Gasteiger partial charge is 0.481 e. The van der Waals surface area contributed by atoms with Gasteiger partial charge in [0.25, 0.3) is 0 Å². The molecule has 4 rings (SSSR count). The molecule has 2 fully saturated rings. The van der Waals surface area contributed by atoms with Crippen molar-refractivity contribution in [3.8, 4) is 11.5 Å². The molecule has 0 spiro atoms. The molecule has 0 bridgehead atoms. The first kappa shape index (κ1) is 16.7. The van der Waals surface area contributed by atoms with E-state index in [2.05, 4.69) is 17.0 Å². The minimum atomic E-state index is -0.652. The van der Waals surface area contributed by atoms with Crippen LogP contribution in [-0.2, 0) is 16.0 Å². The van der Waals surface area contributed by atoms with E-state index in [9.17, 15) is 4.79 Å². The van der Waals surface area contributed by atoms with Crippen molar-refractivity contribution in [2.45, 2.75) is 44.3 Å². The zero-order valence-corrected chi connectivity index (χ0v) is 14.4. The van der Waals surface area contributed by atoms with Gasteiger partial charge in [0.05, 0.1) is 18.1 Å². The van der Waals surface area contributed by atoms with Crippen LogP contribution in [0.25, 0.3) is 0 Å². The van der Waals surface area contributed by atoms with Crippen molar-refractivity contribution in [3.05, 3.63) is 23.8 Å². The highest BCUT2D eigenvalue weighted by Crippen LogP contribution is 2.34. The van der Waals surface area contributed by atoms with Crippen LogP contribution in [0.15, 0.2) is 18.2 Å². The maximum atomic E-state index is 11.0. The fraction of sp³-hybridized carbons (Fsp3) is 0.632. The Morgan fingerprint density at radius 1 is 1.08 bits per heavy atom. The van der Waals surface area contributed by atoms with Crippen LogP contribution in [-0.4, -0.2) is 54.6 Å². The van der Waals surface area contributed by atoms with E-state index in [0.29, 0.717) is 6.79 Å². The second kappa shape index (κ2) is 7.22. The Kier molecular flexibility index (Phi) is 4.81. The topological polar surface area (TPSA) is 68.2 Å². The van der Waals surface area contributed by atoms with Crippen molar-refractivity contribution in [1.29, 1.82) is 0 Å². The molecule has 6 heteroatoms. The van der Waals surface area contributed by atoms with Crippen LogP contribution in [0.2, 0.25) is 0 Å². The lowest BCUT2D eigenvalue weighted by molar-refractivity contribution is -0.143. The number of rotatable bonds is 5. The molecule has 3 aliphatic rings. The average Bonchev–Trinajstić information content (AvgIpc) is 3.24. The number of benzene rings is 1. The van der Waals surface area contributed by atoms with Gasteiger partial charge in [0.1, 0.15) is 0 Å². The number of likely N-dealkylation sites (tertiary alicyclic amines) is 1. The molecule has 0 radical (unpaired) electrons. The summed E-state index contributed by atoms with van der Waals surface area (Å²) in [6, 6.07) is 6.10. The Morgan fingerprint density at radius 2 is 1.84 bits per heavy atom. The number of ether oxygens (including phenoxy) is 3. The zero-order valence-electron chi connectivity index (χ0n) is 14.4. The van der Waals surface area contributed by atoms with Crippen LogP contribution in [0, 0.1) is 5.92 Å². The Morgan fingerprint density at radius 3 is 2.64 bits per heavy atom. The summed E-state index contributed by atoms with van der Waals surface area (Å²) in [6.45, 7) is 2.96. The van der Waals surface area contributed by atoms with Gasteiger partial charge >= 0.3 is 5.97 Å². The van der Waals surface area contributed by atoms with Gasteiger partial charge in [-0.3, -0.25) is 4.79 Å². The van der Waals surface area contributed by atoms with Crippen molar-refractivity contribution >= 4 is 5.97 Å². The van der Waals surface area contributed by atoms with Gasteiger partial charge in [0.15, 0.2) is 11.5 Å². The Hall–Kier alpha value is -1.79. The number of carbonyl (C=O) groups is 1. The number of hydrogen-bond acceptors (Lipinski definition) is 5. The van der Waals surface area contributed by atoms with Crippen molar-refractivity contribution in [1.82, 2.24) is 4.90 Å². The highest BCUT2D eigenvalue weighted by Gasteiger charge is 2.30. The molecule has 136 valence electrons. The molecule has 3 aliphatic heterocycles. The third-order valence-corrected chi connectivity index (χ3v) is 5.49. The lowest BCUT2D eigenvalue weighted by Crippen LogP contribution is -2.40. The molecule has 1 aromatic rings. The zero-order chi connectivity index (χ0) is 17.2. The lowest BCUT2D eigenvalue weighted by Gasteiger charge is -2.31. The van der Waals surface area contributed by atoms with Crippen molar-refractivity contribution in [2.24, 2.45) is 5.92 Å². The number of fused-ring (bicyclic) bond motifs is 1. The highest BCUT2D eigenvalue weighted by molar-refractivity contribution is 5.70. The molecule has 25 heavy (non-hydrogen) atoms. The van der Waals surface area contributed by atoms with E-state index in [1.54, 1.807) is 0 Å². The molecule has 2 saturated heterocycles. The van der Waals surface area contributed by atoms with Gasteiger partial charge in [-0.15, -0.1) is 0 Å². The van der Waals surface area contributed by atoms with Crippen LogP contribution in [0.1, 0.15) is 31.2 Å². The summed E-state index contributed by atoms with van der Waals surface area (Å²) in [5.41, 5.74) is 1.22. The SMILES string of the molecule is O=C(O)C1CCN(C[C@@H]2CC[C@H](Cc3ccc4c(c3)OCO4)O2)CC1. The summed E-state index contributed by atoms with van der Waals surface area (Å²) >= 11 is 0. The van der Waals surface area contributed by atoms with Gasteiger partial charge in [0, 0.05) is 6.54 Å². The van der Waals surface area contributed by atoms with Crippen LogP contribution in [0.5, 0.6) is 11.5 Å². The van der Waals surface area contributed by atoms with Crippen LogP contribution in [0.4, 0.5) is 0 Å². The summed E-state index contributed by atoms with van der Waals surface area (Å²) in [6.07, 6.45) is 5.07. The lowest BCUT2D eigenvalue weighted by atomic mass is 9.97. The Bertz CT molecular complexity index is 626. The smallest absolute Gasteiger partial charge is 0.306 e. The minimum Gasteiger partial charge on any atom is -0.481 e. The van der Waals surface area contributed by atoms with Gasteiger partial charge < -0.3 is 24.2 Å². The van der Waals surface area contributed by atoms with E-state index in [1.165, 1.54) is 5.56 Å².